The molecule has 3 N–H and O–H groups in total. The molecule has 5 nitrogen and oxygen atoms in total. The number of nitrogens with one attached hydrogen (secondary N) is 2. The summed E-state index contributed by atoms with van der Waals surface area (Å²) in [6.07, 6.45) is 0.101. The maximum atomic E-state index is 13.0. The van der Waals surface area contributed by atoms with Gasteiger partial charge in [0.05, 0.1) is 12.3 Å². The molecule has 0 saturated heterocycles. The zero-order chi connectivity index (χ0) is 19.9. The molecule has 0 aliphatic carbocycles. The van der Waals surface area contributed by atoms with Crippen LogP contribution in [0, 0.1) is 5.82 Å². The summed E-state index contributed by atoms with van der Waals surface area (Å²) >= 11 is 0. The Bertz CT molecular complexity index is 959. The van der Waals surface area contributed by atoms with Crippen LogP contribution in [0.1, 0.15) is 22.6 Å². The second kappa shape index (κ2) is 8.92. The predicted octanol–water partition coefficient (Wildman–Crippen LogP) is 3.64. The lowest BCUT2D eigenvalue weighted by molar-refractivity contribution is -0.129. The number of rotatable bonds is 6. The summed E-state index contributed by atoms with van der Waals surface area (Å²) in [5.74, 6) is -1.90. The van der Waals surface area contributed by atoms with E-state index in [0.717, 1.165) is 0 Å². The van der Waals surface area contributed by atoms with Crippen molar-refractivity contribution in [3.8, 4) is 0 Å². The number of hydrogen-bond donors (Lipinski definition) is 3. The van der Waals surface area contributed by atoms with E-state index in [0.29, 0.717) is 22.4 Å². The lowest BCUT2D eigenvalue weighted by Gasteiger charge is -2.17. The summed E-state index contributed by atoms with van der Waals surface area (Å²) in [4.78, 5) is 24.5. The Morgan fingerprint density at radius 1 is 0.893 bits per heavy atom. The molecule has 0 radical (unpaired) electrons. The van der Waals surface area contributed by atoms with Gasteiger partial charge in [-0.2, -0.15) is 0 Å². The van der Waals surface area contributed by atoms with E-state index in [1.54, 1.807) is 66.1 Å². The molecular formula is C22H19FN2O3. The summed E-state index contributed by atoms with van der Waals surface area (Å²) < 4.78 is 13.0. The van der Waals surface area contributed by atoms with Gasteiger partial charge >= 0.3 is 0 Å². The molecule has 6 heteroatoms. The first-order valence-electron chi connectivity index (χ1n) is 8.70. The minimum atomic E-state index is -0.722. The van der Waals surface area contributed by atoms with Crippen molar-refractivity contribution in [2.75, 3.05) is 5.32 Å². The van der Waals surface area contributed by atoms with E-state index >= 15 is 0 Å². The van der Waals surface area contributed by atoms with E-state index in [2.05, 4.69) is 5.32 Å². The van der Waals surface area contributed by atoms with Gasteiger partial charge in [-0.1, -0.05) is 54.6 Å². The number of carbonyl (C=O) groups excluding carboxylic acids is 2. The maximum Gasteiger partial charge on any atom is 0.255 e. The molecule has 0 heterocycles. The number of hydrogen-bond acceptors (Lipinski definition) is 3. The Kier molecular flexibility index (Phi) is 6.14. The van der Waals surface area contributed by atoms with Crippen molar-refractivity contribution in [3.63, 3.8) is 0 Å². The molecule has 0 spiro atoms. The van der Waals surface area contributed by atoms with E-state index in [4.69, 9.17) is 5.21 Å². The van der Waals surface area contributed by atoms with Crippen LogP contribution in [-0.4, -0.2) is 17.0 Å². The largest absolute Gasteiger partial charge is 0.326 e. The van der Waals surface area contributed by atoms with Gasteiger partial charge in [0.25, 0.3) is 5.91 Å². The van der Waals surface area contributed by atoms with Crippen LogP contribution in [0.25, 0.3) is 0 Å². The van der Waals surface area contributed by atoms with Gasteiger partial charge in [-0.25, -0.2) is 9.87 Å². The average molecular weight is 378 g/mol. The molecule has 0 aliphatic rings. The highest BCUT2D eigenvalue weighted by atomic mass is 19.1. The van der Waals surface area contributed by atoms with Crippen LogP contribution < -0.4 is 10.8 Å². The molecule has 3 aromatic carbocycles. The monoisotopic (exact) mass is 378 g/mol. The summed E-state index contributed by atoms with van der Waals surface area (Å²) in [7, 11) is 0. The topological polar surface area (TPSA) is 78.4 Å². The molecule has 0 aromatic heterocycles. The Morgan fingerprint density at radius 3 is 2.25 bits per heavy atom. The van der Waals surface area contributed by atoms with Crippen molar-refractivity contribution in [2.24, 2.45) is 0 Å². The van der Waals surface area contributed by atoms with Gasteiger partial charge in [0.2, 0.25) is 5.91 Å². The summed E-state index contributed by atoms with van der Waals surface area (Å²) in [5.41, 5.74) is 4.25. The Hall–Kier alpha value is -3.51. The quantitative estimate of drug-likeness (QED) is 0.453. The first-order chi connectivity index (χ1) is 13.6. The van der Waals surface area contributed by atoms with E-state index in [-0.39, 0.29) is 18.1 Å². The predicted molar refractivity (Wildman–Crippen MR) is 103 cm³/mol. The van der Waals surface area contributed by atoms with Gasteiger partial charge in [-0.15, -0.1) is 0 Å². The van der Waals surface area contributed by atoms with Crippen LogP contribution in [0.15, 0.2) is 78.9 Å². The van der Waals surface area contributed by atoms with Crippen LogP contribution in [0.3, 0.4) is 0 Å². The van der Waals surface area contributed by atoms with Gasteiger partial charge in [-0.05, 0) is 41.0 Å². The Balaban J connectivity index is 1.79. The number of benzene rings is 3. The number of halogens is 1. The molecule has 0 saturated carbocycles. The molecule has 2 amide bonds. The molecule has 0 fully saturated rings. The summed E-state index contributed by atoms with van der Waals surface area (Å²) in [6, 6.07) is 21.6. The van der Waals surface area contributed by atoms with Crippen molar-refractivity contribution in [2.45, 2.75) is 12.3 Å². The van der Waals surface area contributed by atoms with Crippen molar-refractivity contribution in [3.05, 3.63) is 101 Å². The second-order valence-electron chi connectivity index (χ2n) is 6.30. The van der Waals surface area contributed by atoms with Crippen LogP contribution in [0.2, 0.25) is 0 Å². The number of amides is 2. The third-order valence-corrected chi connectivity index (χ3v) is 4.29. The fourth-order valence-electron chi connectivity index (χ4n) is 2.99. The SMILES string of the molecule is O=C(Cc1ccc(F)cc1)Nc1cccc(C(C(=O)NO)c2ccccc2)c1. The third kappa shape index (κ3) is 4.81. The molecule has 3 aromatic rings. The first-order valence-corrected chi connectivity index (χ1v) is 8.70. The zero-order valence-corrected chi connectivity index (χ0v) is 14.9. The average Bonchev–Trinajstić information content (AvgIpc) is 2.71. The maximum absolute atomic E-state index is 13.0. The molecular weight excluding hydrogens is 359 g/mol. The lowest BCUT2D eigenvalue weighted by atomic mass is 9.90. The summed E-state index contributed by atoms with van der Waals surface area (Å²) in [5, 5.41) is 11.9. The van der Waals surface area contributed by atoms with Crippen molar-refractivity contribution in [1.82, 2.24) is 5.48 Å². The van der Waals surface area contributed by atoms with Crippen molar-refractivity contribution in [1.29, 1.82) is 0 Å². The van der Waals surface area contributed by atoms with Crippen molar-refractivity contribution < 1.29 is 19.2 Å². The molecule has 0 aliphatic heterocycles. The Labute approximate surface area is 161 Å². The molecule has 0 bridgehead atoms. The van der Waals surface area contributed by atoms with E-state index in [9.17, 15) is 14.0 Å². The number of anilines is 1. The normalized spacial score (nSPS) is 11.5. The van der Waals surface area contributed by atoms with E-state index < -0.39 is 11.8 Å². The molecule has 28 heavy (non-hydrogen) atoms. The van der Waals surface area contributed by atoms with Crippen LogP contribution in [0.5, 0.6) is 0 Å². The lowest BCUT2D eigenvalue weighted by Crippen LogP contribution is -2.27. The molecule has 3 rings (SSSR count). The molecule has 1 atom stereocenters. The zero-order valence-electron chi connectivity index (χ0n) is 14.9. The first kappa shape index (κ1) is 19.3. The van der Waals surface area contributed by atoms with Gasteiger partial charge in [0, 0.05) is 5.69 Å². The third-order valence-electron chi connectivity index (χ3n) is 4.29. The fraction of sp³-hybridized carbons (Fsp3) is 0.0909. The summed E-state index contributed by atoms with van der Waals surface area (Å²) in [6.45, 7) is 0. The van der Waals surface area contributed by atoms with Crippen molar-refractivity contribution >= 4 is 17.5 Å². The van der Waals surface area contributed by atoms with E-state index in [1.807, 2.05) is 6.07 Å². The van der Waals surface area contributed by atoms with Gasteiger partial charge in [0.1, 0.15) is 5.82 Å². The highest BCUT2D eigenvalue weighted by Crippen LogP contribution is 2.27. The number of carbonyl (C=O) groups is 2. The molecule has 1 unspecified atom stereocenters. The molecule has 142 valence electrons. The van der Waals surface area contributed by atoms with Gasteiger partial charge in [-0.3, -0.25) is 14.8 Å². The van der Waals surface area contributed by atoms with E-state index in [1.165, 1.54) is 12.1 Å². The Morgan fingerprint density at radius 2 is 1.57 bits per heavy atom. The highest BCUT2D eigenvalue weighted by molar-refractivity contribution is 5.93. The minimum absolute atomic E-state index is 0.101. The van der Waals surface area contributed by atoms with Crippen LogP contribution >= 0.6 is 0 Å². The second-order valence-corrected chi connectivity index (χ2v) is 6.30. The van der Waals surface area contributed by atoms with Crippen LogP contribution in [-0.2, 0) is 16.0 Å². The minimum Gasteiger partial charge on any atom is -0.326 e. The standard InChI is InChI=1S/C22H19FN2O3/c23-18-11-9-15(10-12-18)13-20(26)24-19-8-4-7-17(14-19)21(22(27)25-28)16-5-2-1-3-6-16/h1-12,14,21,28H,13H2,(H,24,26)(H,25,27). The smallest absolute Gasteiger partial charge is 0.255 e. The van der Waals surface area contributed by atoms with Crippen LogP contribution in [0.4, 0.5) is 10.1 Å². The van der Waals surface area contributed by atoms with Gasteiger partial charge < -0.3 is 5.32 Å². The highest BCUT2D eigenvalue weighted by Gasteiger charge is 2.22. The fourth-order valence-corrected chi connectivity index (χ4v) is 2.99. The van der Waals surface area contributed by atoms with Gasteiger partial charge in [0.15, 0.2) is 0 Å². The number of hydroxylamine groups is 1.